The largest absolute Gasteiger partial charge is 0.350 e. The first-order valence-electron chi connectivity index (χ1n) is 8.52. The van der Waals surface area contributed by atoms with E-state index in [0.717, 1.165) is 6.54 Å². The Morgan fingerprint density at radius 1 is 1.08 bits per heavy atom. The van der Waals surface area contributed by atoms with Gasteiger partial charge >= 0.3 is 0 Å². The first-order chi connectivity index (χ1) is 12.4. The fraction of sp³-hybridized carbons (Fsp3) is 0.316. The highest BCUT2D eigenvalue weighted by Crippen LogP contribution is 2.24. The summed E-state index contributed by atoms with van der Waals surface area (Å²) in [6.07, 6.45) is 0. The zero-order chi connectivity index (χ0) is 19.2. The number of sulfonamides is 1. The first-order valence-corrected chi connectivity index (χ1v) is 9.96. The van der Waals surface area contributed by atoms with Crippen LogP contribution in [-0.4, -0.2) is 40.5 Å². The van der Waals surface area contributed by atoms with E-state index in [-0.39, 0.29) is 16.5 Å². The lowest BCUT2D eigenvalue weighted by Crippen LogP contribution is -2.39. The molecule has 0 spiro atoms. The van der Waals surface area contributed by atoms with Gasteiger partial charge in [0.05, 0.1) is 11.3 Å². The summed E-state index contributed by atoms with van der Waals surface area (Å²) in [5.41, 5.74) is 0.669. The standard InChI is InChI=1S/C19H25N3O3S/c1-4-20-15(2)14-21-19(23)17-12-8-9-13-18(17)26(24,25)22(3)16-10-6-5-7-11-16/h5-13,15,20H,4,14H2,1-3H3,(H,21,23)/t15-/m1/s1. The maximum Gasteiger partial charge on any atom is 0.264 e. The summed E-state index contributed by atoms with van der Waals surface area (Å²) in [6.45, 7) is 5.15. The Bertz CT molecular complexity index is 838. The van der Waals surface area contributed by atoms with Gasteiger partial charge in [0.25, 0.3) is 15.9 Å². The van der Waals surface area contributed by atoms with Gasteiger partial charge in [0.1, 0.15) is 4.90 Å². The van der Waals surface area contributed by atoms with Crippen LogP contribution in [-0.2, 0) is 10.0 Å². The van der Waals surface area contributed by atoms with E-state index < -0.39 is 15.9 Å². The summed E-state index contributed by atoms with van der Waals surface area (Å²) in [5.74, 6) is -0.407. The number of amides is 1. The Morgan fingerprint density at radius 2 is 1.69 bits per heavy atom. The lowest BCUT2D eigenvalue weighted by Gasteiger charge is -2.21. The molecule has 2 rings (SSSR count). The van der Waals surface area contributed by atoms with Crippen molar-refractivity contribution in [2.24, 2.45) is 0 Å². The third-order valence-corrected chi connectivity index (χ3v) is 5.86. The Hall–Kier alpha value is -2.38. The van der Waals surface area contributed by atoms with Gasteiger partial charge in [0.2, 0.25) is 0 Å². The van der Waals surface area contributed by atoms with Crippen LogP contribution in [0.3, 0.4) is 0 Å². The number of hydrogen-bond donors (Lipinski definition) is 2. The van der Waals surface area contributed by atoms with Gasteiger partial charge in [-0.3, -0.25) is 9.10 Å². The highest BCUT2D eigenvalue weighted by molar-refractivity contribution is 7.92. The topological polar surface area (TPSA) is 78.5 Å². The van der Waals surface area contributed by atoms with E-state index in [4.69, 9.17) is 0 Å². The van der Waals surface area contributed by atoms with Crippen LogP contribution in [0, 0.1) is 0 Å². The van der Waals surface area contributed by atoms with Gasteiger partial charge in [-0.25, -0.2) is 8.42 Å². The first kappa shape index (κ1) is 19.9. The molecular weight excluding hydrogens is 350 g/mol. The van der Waals surface area contributed by atoms with Crippen molar-refractivity contribution in [1.82, 2.24) is 10.6 Å². The number of rotatable bonds is 8. The fourth-order valence-corrected chi connectivity index (χ4v) is 3.95. The van der Waals surface area contributed by atoms with Crippen LogP contribution in [0.2, 0.25) is 0 Å². The minimum absolute atomic E-state index is 0.0139. The summed E-state index contributed by atoms with van der Waals surface area (Å²) in [4.78, 5) is 12.5. The molecule has 7 heteroatoms. The number of para-hydroxylation sites is 1. The number of benzene rings is 2. The van der Waals surface area contributed by atoms with Gasteiger partial charge in [0.15, 0.2) is 0 Å². The van der Waals surface area contributed by atoms with Gasteiger partial charge < -0.3 is 10.6 Å². The summed E-state index contributed by atoms with van der Waals surface area (Å²) in [5, 5.41) is 5.99. The van der Waals surface area contributed by atoms with Crippen LogP contribution in [0.25, 0.3) is 0 Å². The summed E-state index contributed by atoms with van der Waals surface area (Å²) in [6, 6.07) is 15.1. The smallest absolute Gasteiger partial charge is 0.264 e. The van der Waals surface area contributed by atoms with Crippen LogP contribution in [0.1, 0.15) is 24.2 Å². The second-order valence-electron chi connectivity index (χ2n) is 5.97. The van der Waals surface area contributed by atoms with E-state index in [1.54, 1.807) is 36.4 Å². The molecule has 0 fully saturated rings. The van der Waals surface area contributed by atoms with Crippen molar-refractivity contribution in [3.05, 3.63) is 60.2 Å². The molecule has 0 saturated heterocycles. The van der Waals surface area contributed by atoms with Crippen molar-refractivity contribution in [3.63, 3.8) is 0 Å². The molecule has 0 bridgehead atoms. The Kier molecular flexibility index (Phi) is 6.76. The zero-order valence-corrected chi connectivity index (χ0v) is 16.1. The molecule has 2 aromatic carbocycles. The van der Waals surface area contributed by atoms with E-state index in [9.17, 15) is 13.2 Å². The average molecular weight is 375 g/mol. The van der Waals surface area contributed by atoms with Gasteiger partial charge in [-0.2, -0.15) is 0 Å². The number of nitrogens with one attached hydrogen (secondary N) is 2. The summed E-state index contributed by atoms with van der Waals surface area (Å²) in [7, 11) is -2.38. The molecule has 6 nitrogen and oxygen atoms in total. The molecule has 1 atom stereocenters. The highest BCUT2D eigenvalue weighted by Gasteiger charge is 2.26. The van der Waals surface area contributed by atoms with Gasteiger partial charge in [-0.15, -0.1) is 0 Å². The molecule has 0 aliphatic heterocycles. The van der Waals surface area contributed by atoms with Crippen LogP contribution in [0.15, 0.2) is 59.5 Å². The Labute approximate surface area is 155 Å². The molecule has 0 heterocycles. The van der Waals surface area contributed by atoms with Crippen LogP contribution >= 0.6 is 0 Å². The van der Waals surface area contributed by atoms with Crippen molar-refractivity contribution < 1.29 is 13.2 Å². The summed E-state index contributed by atoms with van der Waals surface area (Å²) < 4.78 is 27.2. The number of likely N-dealkylation sites (N-methyl/N-ethyl adjacent to an activating group) is 1. The molecule has 0 saturated carbocycles. The average Bonchev–Trinajstić information content (AvgIpc) is 2.66. The minimum atomic E-state index is -3.86. The number of carbonyl (C=O) groups is 1. The lowest BCUT2D eigenvalue weighted by atomic mass is 10.2. The molecule has 2 aromatic rings. The third-order valence-electron chi connectivity index (χ3n) is 4.01. The van der Waals surface area contributed by atoms with Crippen LogP contribution in [0.5, 0.6) is 0 Å². The quantitative estimate of drug-likeness (QED) is 0.742. The minimum Gasteiger partial charge on any atom is -0.350 e. The molecule has 0 unspecified atom stereocenters. The monoisotopic (exact) mass is 375 g/mol. The highest BCUT2D eigenvalue weighted by atomic mass is 32.2. The SMILES string of the molecule is CCN[C@H](C)CNC(=O)c1ccccc1S(=O)(=O)N(C)c1ccccc1. The Morgan fingerprint density at radius 3 is 2.35 bits per heavy atom. The second kappa shape index (κ2) is 8.82. The molecule has 2 N–H and O–H groups in total. The van der Waals surface area contributed by atoms with E-state index in [2.05, 4.69) is 10.6 Å². The Balaban J connectivity index is 2.29. The van der Waals surface area contributed by atoms with Gasteiger partial charge in [0, 0.05) is 19.6 Å². The number of carbonyl (C=O) groups excluding carboxylic acids is 1. The third kappa shape index (κ3) is 4.62. The number of hydrogen-bond acceptors (Lipinski definition) is 4. The molecule has 1 amide bonds. The van der Waals surface area contributed by atoms with Gasteiger partial charge in [-0.1, -0.05) is 37.3 Å². The lowest BCUT2D eigenvalue weighted by molar-refractivity contribution is 0.0947. The van der Waals surface area contributed by atoms with E-state index >= 15 is 0 Å². The van der Waals surface area contributed by atoms with E-state index in [1.807, 2.05) is 19.9 Å². The molecule has 26 heavy (non-hydrogen) atoms. The molecule has 0 aliphatic carbocycles. The maximum atomic E-state index is 13.0. The van der Waals surface area contributed by atoms with Crippen molar-refractivity contribution >= 4 is 21.6 Å². The maximum absolute atomic E-state index is 13.0. The second-order valence-corrected chi connectivity index (χ2v) is 7.91. The van der Waals surface area contributed by atoms with Crippen LogP contribution < -0.4 is 14.9 Å². The predicted molar refractivity (Wildman–Crippen MR) is 104 cm³/mol. The van der Waals surface area contributed by atoms with Crippen molar-refractivity contribution in [1.29, 1.82) is 0 Å². The molecule has 0 aliphatic rings. The summed E-state index contributed by atoms with van der Waals surface area (Å²) >= 11 is 0. The van der Waals surface area contributed by atoms with Crippen molar-refractivity contribution in [3.8, 4) is 0 Å². The van der Waals surface area contributed by atoms with Gasteiger partial charge in [-0.05, 0) is 37.7 Å². The number of nitrogens with zero attached hydrogens (tertiary/aromatic N) is 1. The van der Waals surface area contributed by atoms with Crippen LogP contribution in [0.4, 0.5) is 5.69 Å². The molecular formula is C19H25N3O3S. The zero-order valence-electron chi connectivity index (χ0n) is 15.3. The van der Waals surface area contributed by atoms with E-state index in [1.165, 1.54) is 23.5 Å². The number of anilines is 1. The molecule has 0 aromatic heterocycles. The fourth-order valence-electron chi connectivity index (χ4n) is 2.57. The van der Waals surface area contributed by atoms with Crippen molar-refractivity contribution in [2.75, 3.05) is 24.4 Å². The normalized spacial score (nSPS) is 12.4. The molecule has 0 radical (unpaired) electrons. The van der Waals surface area contributed by atoms with E-state index in [0.29, 0.717) is 12.2 Å². The van der Waals surface area contributed by atoms with Crippen molar-refractivity contribution in [2.45, 2.75) is 24.8 Å². The molecule has 140 valence electrons. The predicted octanol–water partition coefficient (Wildman–Crippen LogP) is 2.24.